The van der Waals surface area contributed by atoms with Gasteiger partial charge in [-0.05, 0) is 30.2 Å². The minimum absolute atomic E-state index is 0.0627. The molecule has 164 valence electrons. The van der Waals surface area contributed by atoms with Crippen molar-refractivity contribution < 1.29 is 32.3 Å². The lowest BCUT2D eigenvalue weighted by Crippen LogP contribution is -2.32. The van der Waals surface area contributed by atoms with Gasteiger partial charge in [0.15, 0.2) is 6.61 Å². The van der Waals surface area contributed by atoms with Crippen molar-refractivity contribution >= 4 is 5.91 Å². The van der Waals surface area contributed by atoms with Crippen molar-refractivity contribution in [3.63, 3.8) is 0 Å². The quantitative estimate of drug-likeness (QED) is 0.563. The number of halogens is 3. The molecule has 0 aliphatic rings. The van der Waals surface area contributed by atoms with E-state index >= 15 is 0 Å². The number of aliphatic hydroxyl groups is 1. The third-order valence-electron chi connectivity index (χ3n) is 4.42. The van der Waals surface area contributed by atoms with E-state index in [0.717, 1.165) is 22.9 Å². The van der Waals surface area contributed by atoms with Crippen molar-refractivity contribution in [2.24, 2.45) is 0 Å². The number of carbonyl (C=O) groups is 1. The summed E-state index contributed by atoms with van der Waals surface area (Å²) < 4.78 is 46.3. The molecule has 0 unspecified atom stereocenters. The first-order valence-electron chi connectivity index (χ1n) is 9.31. The van der Waals surface area contributed by atoms with Crippen LogP contribution in [-0.4, -0.2) is 40.5 Å². The number of rotatable bonds is 8. The van der Waals surface area contributed by atoms with Gasteiger partial charge in [0.25, 0.3) is 0 Å². The van der Waals surface area contributed by atoms with Crippen LogP contribution in [0.1, 0.15) is 23.1 Å². The van der Waals surface area contributed by atoms with Gasteiger partial charge in [0, 0.05) is 5.56 Å². The smallest absolute Gasteiger partial charge is 0.422 e. The molecule has 1 atom stereocenters. The summed E-state index contributed by atoms with van der Waals surface area (Å²) in [6.45, 7) is -0.0431. The molecule has 31 heavy (non-hydrogen) atoms. The Morgan fingerprint density at radius 1 is 1.19 bits per heavy atom. The Labute approximate surface area is 175 Å². The number of hydrogen-bond donors (Lipinski definition) is 2. The van der Waals surface area contributed by atoms with Crippen LogP contribution in [0.3, 0.4) is 0 Å². The minimum Gasteiger partial charge on any atom is -0.483 e. The lowest BCUT2D eigenvalue weighted by molar-refractivity contribution is -0.153. The zero-order chi connectivity index (χ0) is 22.4. The van der Waals surface area contributed by atoms with E-state index in [1.54, 1.807) is 18.3 Å². The minimum atomic E-state index is -4.45. The summed E-state index contributed by atoms with van der Waals surface area (Å²) in [6, 6.07) is 9.21. The Morgan fingerprint density at radius 2 is 1.94 bits per heavy atom. The van der Waals surface area contributed by atoms with E-state index < -0.39 is 25.4 Å². The first-order valence-corrected chi connectivity index (χ1v) is 9.31. The van der Waals surface area contributed by atoms with Gasteiger partial charge < -0.3 is 19.7 Å². The average molecular weight is 435 g/mol. The number of aromatic nitrogens is 2. The van der Waals surface area contributed by atoms with Crippen LogP contribution in [0.4, 0.5) is 13.2 Å². The van der Waals surface area contributed by atoms with Gasteiger partial charge in [-0.1, -0.05) is 29.4 Å². The predicted molar refractivity (Wildman–Crippen MR) is 104 cm³/mol. The number of ether oxygens (including phenoxy) is 1. The van der Waals surface area contributed by atoms with Crippen LogP contribution in [0, 0.1) is 6.92 Å². The van der Waals surface area contributed by atoms with Crippen LogP contribution in [0.15, 0.2) is 53.3 Å². The first kappa shape index (κ1) is 22.3. The largest absolute Gasteiger partial charge is 0.483 e. The molecule has 0 bridgehead atoms. The van der Waals surface area contributed by atoms with Gasteiger partial charge in [-0.25, -0.2) is 0 Å². The molecule has 2 N–H and O–H groups in total. The summed E-state index contributed by atoms with van der Waals surface area (Å²) in [5.74, 6) is 0.290. The molecule has 0 aliphatic carbocycles. The normalized spacial score (nSPS) is 12.4. The molecule has 2 heterocycles. The number of hydrogen-bond acceptors (Lipinski definition) is 6. The topological polar surface area (TPSA) is 97.5 Å². The van der Waals surface area contributed by atoms with Crippen molar-refractivity contribution in [3.05, 3.63) is 65.8 Å². The number of benzene rings is 1. The number of aliphatic hydroxyl groups excluding tert-OH is 1. The van der Waals surface area contributed by atoms with Crippen molar-refractivity contribution in [1.82, 2.24) is 15.5 Å². The van der Waals surface area contributed by atoms with Gasteiger partial charge in [0.2, 0.25) is 5.91 Å². The molecule has 1 aromatic carbocycles. The Hall–Kier alpha value is -3.40. The molecule has 0 spiro atoms. The molecule has 0 fully saturated rings. The fourth-order valence-corrected chi connectivity index (χ4v) is 2.87. The second-order valence-corrected chi connectivity index (χ2v) is 6.79. The van der Waals surface area contributed by atoms with Crippen LogP contribution in [-0.2, 0) is 11.2 Å². The van der Waals surface area contributed by atoms with Crippen LogP contribution in [0.5, 0.6) is 5.75 Å². The number of nitrogens with zero attached hydrogens (tertiary/aromatic N) is 2. The molecular formula is C21H20F3N3O4. The SMILES string of the molecule is Cc1oncc1-c1ccc(CC(=O)N[C@H](CO)c2ccc(OCC(F)(F)F)cn2)cc1. The highest BCUT2D eigenvalue weighted by atomic mass is 19.4. The molecule has 2 aromatic heterocycles. The Bertz CT molecular complexity index is 1000. The number of alkyl halides is 3. The van der Waals surface area contributed by atoms with E-state index in [9.17, 15) is 23.1 Å². The number of aryl methyl sites for hydroxylation is 1. The highest BCUT2D eigenvalue weighted by molar-refractivity contribution is 5.79. The average Bonchev–Trinajstić information content (AvgIpc) is 3.17. The van der Waals surface area contributed by atoms with Crippen molar-refractivity contribution in [2.45, 2.75) is 25.6 Å². The second kappa shape index (κ2) is 9.61. The monoisotopic (exact) mass is 435 g/mol. The van der Waals surface area contributed by atoms with E-state index in [4.69, 9.17) is 4.52 Å². The lowest BCUT2D eigenvalue weighted by Gasteiger charge is -2.16. The molecule has 7 nitrogen and oxygen atoms in total. The first-order chi connectivity index (χ1) is 14.7. The van der Waals surface area contributed by atoms with Crippen molar-refractivity contribution in [3.8, 4) is 16.9 Å². The molecule has 10 heteroatoms. The van der Waals surface area contributed by atoms with Crippen LogP contribution >= 0.6 is 0 Å². The Balaban J connectivity index is 1.57. The molecule has 1 amide bonds. The summed E-state index contributed by atoms with van der Waals surface area (Å²) in [4.78, 5) is 16.4. The van der Waals surface area contributed by atoms with Crippen LogP contribution in [0.2, 0.25) is 0 Å². The molecule has 3 rings (SSSR count). The predicted octanol–water partition coefficient (Wildman–Crippen LogP) is 3.38. The van der Waals surface area contributed by atoms with Gasteiger partial charge >= 0.3 is 6.18 Å². The maximum Gasteiger partial charge on any atom is 0.422 e. The summed E-state index contributed by atoms with van der Waals surface area (Å²) in [6.07, 6.45) is -1.64. The zero-order valence-electron chi connectivity index (χ0n) is 16.5. The third kappa shape index (κ3) is 6.29. The van der Waals surface area contributed by atoms with Crippen molar-refractivity contribution in [2.75, 3.05) is 13.2 Å². The lowest BCUT2D eigenvalue weighted by atomic mass is 10.0. The standard InChI is InChI=1S/C21H20F3N3O4/c1-13-17(10-26-31-13)15-4-2-14(3-5-15)8-20(29)27-19(11-28)18-7-6-16(9-25-18)30-12-21(22,23)24/h2-7,9-10,19,28H,8,11-12H2,1H3,(H,27,29)/t19-/m1/s1. The number of nitrogens with one attached hydrogen (secondary N) is 1. The Morgan fingerprint density at radius 3 is 2.48 bits per heavy atom. The van der Waals surface area contributed by atoms with Gasteiger partial charge in [-0.15, -0.1) is 0 Å². The highest BCUT2D eigenvalue weighted by Crippen LogP contribution is 2.23. The molecule has 0 aliphatic heterocycles. The van der Waals surface area contributed by atoms with E-state index in [-0.39, 0.29) is 18.1 Å². The highest BCUT2D eigenvalue weighted by Gasteiger charge is 2.28. The molecule has 0 saturated carbocycles. The van der Waals surface area contributed by atoms with E-state index in [0.29, 0.717) is 11.5 Å². The van der Waals surface area contributed by atoms with Gasteiger partial charge in [-0.2, -0.15) is 13.2 Å². The fraction of sp³-hybridized carbons (Fsp3) is 0.286. The number of carbonyl (C=O) groups excluding carboxylic acids is 1. The van der Waals surface area contributed by atoms with Crippen molar-refractivity contribution in [1.29, 1.82) is 0 Å². The van der Waals surface area contributed by atoms with Gasteiger partial charge in [0.05, 0.1) is 37.2 Å². The van der Waals surface area contributed by atoms with Crippen LogP contribution in [0.25, 0.3) is 11.1 Å². The molecule has 0 radical (unpaired) electrons. The molecule has 0 saturated heterocycles. The summed E-state index contributed by atoms with van der Waals surface area (Å²) in [5.41, 5.74) is 2.84. The van der Waals surface area contributed by atoms with E-state index in [2.05, 4.69) is 20.2 Å². The molecule has 3 aromatic rings. The number of amides is 1. The summed E-state index contributed by atoms with van der Waals surface area (Å²) >= 11 is 0. The fourth-order valence-electron chi connectivity index (χ4n) is 2.87. The zero-order valence-corrected chi connectivity index (χ0v) is 16.5. The van der Waals surface area contributed by atoms with Gasteiger partial charge in [-0.3, -0.25) is 9.78 Å². The third-order valence-corrected chi connectivity index (χ3v) is 4.42. The summed E-state index contributed by atoms with van der Waals surface area (Å²) in [7, 11) is 0. The van der Waals surface area contributed by atoms with Gasteiger partial charge in [0.1, 0.15) is 11.5 Å². The second-order valence-electron chi connectivity index (χ2n) is 6.79. The summed E-state index contributed by atoms with van der Waals surface area (Å²) in [5, 5.41) is 16.0. The van der Waals surface area contributed by atoms with Crippen LogP contribution < -0.4 is 10.1 Å². The number of pyridine rings is 1. The molecular weight excluding hydrogens is 415 g/mol. The maximum absolute atomic E-state index is 12.4. The van der Waals surface area contributed by atoms with E-state index in [1.165, 1.54) is 12.1 Å². The van der Waals surface area contributed by atoms with E-state index in [1.807, 2.05) is 19.1 Å². The Kier molecular flexibility index (Phi) is 6.91. The maximum atomic E-state index is 12.4.